The highest BCUT2D eigenvalue weighted by Gasteiger charge is 2.21. The van der Waals surface area contributed by atoms with Crippen LogP contribution in [0.5, 0.6) is 0 Å². The van der Waals surface area contributed by atoms with E-state index >= 15 is 0 Å². The van der Waals surface area contributed by atoms with E-state index in [2.05, 4.69) is 5.32 Å². The first-order valence-electron chi connectivity index (χ1n) is 4.61. The van der Waals surface area contributed by atoms with Crippen molar-refractivity contribution in [2.24, 2.45) is 5.92 Å². The van der Waals surface area contributed by atoms with Gasteiger partial charge in [0.1, 0.15) is 6.10 Å². The molecule has 13 heavy (non-hydrogen) atoms. The molecule has 0 aromatic rings. The third-order valence-electron chi connectivity index (χ3n) is 2.06. The number of hydrogen-bond acceptors (Lipinski definition) is 4. The van der Waals surface area contributed by atoms with Gasteiger partial charge in [0.25, 0.3) is 0 Å². The molecule has 0 aromatic carbocycles. The molecule has 0 bridgehead atoms. The number of rotatable bonds is 5. The first-order valence-corrected chi connectivity index (χ1v) is 4.61. The molecule has 0 radical (unpaired) electrons. The number of nitrogens with one attached hydrogen (secondary N) is 1. The van der Waals surface area contributed by atoms with Crippen molar-refractivity contribution in [3.8, 4) is 0 Å². The minimum absolute atomic E-state index is 0.115. The van der Waals surface area contributed by atoms with E-state index in [9.17, 15) is 4.79 Å². The van der Waals surface area contributed by atoms with Crippen molar-refractivity contribution in [3.63, 3.8) is 0 Å². The zero-order valence-electron chi connectivity index (χ0n) is 8.21. The lowest BCUT2D eigenvalue weighted by molar-refractivity contribution is -0.152. The van der Waals surface area contributed by atoms with Gasteiger partial charge in [-0.2, -0.15) is 0 Å². The molecule has 1 unspecified atom stereocenters. The largest absolute Gasteiger partial charge is 0.460 e. The average Bonchev–Trinajstić information content (AvgIpc) is 1.97. The van der Waals surface area contributed by atoms with E-state index in [0.717, 1.165) is 13.1 Å². The molecule has 1 N–H and O–H groups in total. The standard InChI is InChI=1S/C9H17NO3/c1-7(6-12-2)13-9(11)3-8-4-10-5-8/h7-8,10H,3-6H2,1-2H3. The van der Waals surface area contributed by atoms with Gasteiger partial charge in [-0.3, -0.25) is 4.79 Å². The molecule has 76 valence electrons. The molecule has 0 aliphatic carbocycles. The molecule has 0 aromatic heterocycles. The Kier molecular flexibility index (Phi) is 4.18. The topological polar surface area (TPSA) is 47.6 Å². The van der Waals surface area contributed by atoms with E-state index in [1.165, 1.54) is 0 Å². The van der Waals surface area contributed by atoms with Crippen LogP contribution in [0.3, 0.4) is 0 Å². The Hall–Kier alpha value is -0.610. The molecular weight excluding hydrogens is 170 g/mol. The maximum Gasteiger partial charge on any atom is 0.306 e. The van der Waals surface area contributed by atoms with Gasteiger partial charge in [0.05, 0.1) is 13.0 Å². The number of carbonyl (C=O) groups is 1. The predicted molar refractivity (Wildman–Crippen MR) is 48.4 cm³/mol. The summed E-state index contributed by atoms with van der Waals surface area (Å²) in [5.41, 5.74) is 0. The van der Waals surface area contributed by atoms with Crippen LogP contribution < -0.4 is 5.32 Å². The lowest BCUT2D eigenvalue weighted by Crippen LogP contribution is -2.43. The van der Waals surface area contributed by atoms with Crippen LogP contribution in [-0.4, -0.2) is 38.9 Å². The summed E-state index contributed by atoms with van der Waals surface area (Å²) in [5, 5.41) is 3.11. The smallest absolute Gasteiger partial charge is 0.306 e. The Morgan fingerprint density at radius 1 is 1.62 bits per heavy atom. The summed E-state index contributed by atoms with van der Waals surface area (Å²) in [4.78, 5) is 11.2. The van der Waals surface area contributed by atoms with Crippen molar-refractivity contribution < 1.29 is 14.3 Å². The number of esters is 1. The first-order chi connectivity index (χ1) is 6.22. The summed E-state index contributed by atoms with van der Waals surface area (Å²) in [6, 6.07) is 0. The number of hydrogen-bond donors (Lipinski definition) is 1. The second-order valence-corrected chi connectivity index (χ2v) is 3.48. The van der Waals surface area contributed by atoms with Gasteiger partial charge in [0.2, 0.25) is 0 Å². The summed E-state index contributed by atoms with van der Waals surface area (Å²) in [6.45, 7) is 4.18. The average molecular weight is 187 g/mol. The number of methoxy groups -OCH3 is 1. The van der Waals surface area contributed by atoms with Crippen LogP contribution in [0.25, 0.3) is 0 Å². The highest BCUT2D eigenvalue weighted by atomic mass is 16.6. The van der Waals surface area contributed by atoms with E-state index in [0.29, 0.717) is 18.9 Å². The Morgan fingerprint density at radius 3 is 2.77 bits per heavy atom. The van der Waals surface area contributed by atoms with E-state index in [1.54, 1.807) is 7.11 Å². The van der Waals surface area contributed by atoms with Crippen molar-refractivity contribution in [1.29, 1.82) is 0 Å². The molecule has 1 fully saturated rings. The van der Waals surface area contributed by atoms with Crippen LogP contribution in [0.2, 0.25) is 0 Å². The van der Waals surface area contributed by atoms with Crippen LogP contribution in [-0.2, 0) is 14.3 Å². The monoisotopic (exact) mass is 187 g/mol. The first kappa shape index (κ1) is 10.5. The molecule has 1 aliphatic heterocycles. The fraction of sp³-hybridized carbons (Fsp3) is 0.889. The molecular formula is C9H17NO3. The molecule has 1 heterocycles. The Morgan fingerprint density at radius 2 is 2.31 bits per heavy atom. The van der Waals surface area contributed by atoms with E-state index in [4.69, 9.17) is 9.47 Å². The van der Waals surface area contributed by atoms with E-state index in [-0.39, 0.29) is 12.1 Å². The minimum atomic E-state index is -0.134. The minimum Gasteiger partial charge on any atom is -0.460 e. The Labute approximate surface area is 78.6 Å². The summed E-state index contributed by atoms with van der Waals surface area (Å²) in [7, 11) is 1.60. The molecule has 1 rings (SSSR count). The Balaban J connectivity index is 2.08. The maximum absolute atomic E-state index is 11.2. The Bertz CT molecular complexity index is 168. The molecule has 1 atom stereocenters. The second kappa shape index (κ2) is 5.19. The predicted octanol–water partition coefficient (Wildman–Crippen LogP) is 0.174. The van der Waals surface area contributed by atoms with Gasteiger partial charge in [-0.05, 0) is 25.9 Å². The SMILES string of the molecule is COCC(C)OC(=O)CC1CNC1. The number of ether oxygens (including phenoxy) is 2. The van der Waals surface area contributed by atoms with Gasteiger partial charge in [0, 0.05) is 7.11 Å². The van der Waals surface area contributed by atoms with Gasteiger partial charge >= 0.3 is 5.97 Å². The van der Waals surface area contributed by atoms with Crippen LogP contribution in [0.4, 0.5) is 0 Å². The molecule has 1 saturated heterocycles. The van der Waals surface area contributed by atoms with Gasteiger partial charge in [0.15, 0.2) is 0 Å². The van der Waals surface area contributed by atoms with Crippen molar-refractivity contribution in [3.05, 3.63) is 0 Å². The van der Waals surface area contributed by atoms with Crippen molar-refractivity contribution in [2.45, 2.75) is 19.4 Å². The quantitative estimate of drug-likeness (QED) is 0.623. The van der Waals surface area contributed by atoms with Gasteiger partial charge < -0.3 is 14.8 Å². The summed E-state index contributed by atoms with van der Waals surface area (Å²) in [6.07, 6.45) is 0.395. The summed E-state index contributed by atoms with van der Waals surface area (Å²) in [5.74, 6) is 0.360. The van der Waals surface area contributed by atoms with Crippen molar-refractivity contribution in [2.75, 3.05) is 26.8 Å². The highest BCUT2D eigenvalue weighted by molar-refractivity contribution is 5.70. The zero-order valence-corrected chi connectivity index (χ0v) is 8.21. The van der Waals surface area contributed by atoms with Crippen LogP contribution >= 0.6 is 0 Å². The number of carbonyl (C=O) groups excluding carboxylic acids is 1. The fourth-order valence-electron chi connectivity index (χ4n) is 1.27. The molecule has 0 spiro atoms. The van der Waals surface area contributed by atoms with Gasteiger partial charge in [-0.15, -0.1) is 0 Å². The third-order valence-corrected chi connectivity index (χ3v) is 2.06. The lowest BCUT2D eigenvalue weighted by atomic mass is 10.00. The maximum atomic E-state index is 11.2. The summed E-state index contributed by atoms with van der Waals surface area (Å²) >= 11 is 0. The molecule has 4 heteroatoms. The van der Waals surface area contributed by atoms with Gasteiger partial charge in [-0.1, -0.05) is 0 Å². The van der Waals surface area contributed by atoms with E-state index < -0.39 is 0 Å². The van der Waals surface area contributed by atoms with E-state index in [1.807, 2.05) is 6.92 Å². The van der Waals surface area contributed by atoms with Crippen LogP contribution in [0, 0.1) is 5.92 Å². The summed E-state index contributed by atoms with van der Waals surface area (Å²) < 4.78 is 9.97. The molecule has 4 nitrogen and oxygen atoms in total. The van der Waals surface area contributed by atoms with Crippen LogP contribution in [0.1, 0.15) is 13.3 Å². The highest BCUT2D eigenvalue weighted by Crippen LogP contribution is 2.09. The van der Waals surface area contributed by atoms with Gasteiger partial charge in [-0.25, -0.2) is 0 Å². The normalized spacial score (nSPS) is 19.2. The molecule has 1 aliphatic rings. The fourth-order valence-corrected chi connectivity index (χ4v) is 1.27. The second-order valence-electron chi connectivity index (χ2n) is 3.48. The van der Waals surface area contributed by atoms with Crippen LogP contribution in [0.15, 0.2) is 0 Å². The zero-order chi connectivity index (χ0) is 9.68. The van der Waals surface area contributed by atoms with Crippen molar-refractivity contribution in [1.82, 2.24) is 5.32 Å². The lowest BCUT2D eigenvalue weighted by Gasteiger charge is -2.26. The molecule has 0 amide bonds. The van der Waals surface area contributed by atoms with Crippen molar-refractivity contribution >= 4 is 5.97 Å². The third kappa shape index (κ3) is 3.74. The molecule has 0 saturated carbocycles.